The molecule has 1 atom stereocenters. The van der Waals surface area contributed by atoms with E-state index in [0.29, 0.717) is 36.4 Å². The van der Waals surface area contributed by atoms with E-state index in [9.17, 15) is 14.4 Å². The van der Waals surface area contributed by atoms with Crippen molar-refractivity contribution in [3.8, 4) is 0 Å². The van der Waals surface area contributed by atoms with Gasteiger partial charge in [0.2, 0.25) is 11.8 Å². The van der Waals surface area contributed by atoms with Gasteiger partial charge in [0.1, 0.15) is 0 Å². The summed E-state index contributed by atoms with van der Waals surface area (Å²) in [6, 6.07) is 1.88. The highest BCUT2D eigenvalue weighted by atomic mass is 16.2. The molecule has 0 bridgehead atoms. The van der Waals surface area contributed by atoms with Gasteiger partial charge in [0.25, 0.3) is 5.56 Å². The second-order valence-corrected chi connectivity index (χ2v) is 9.94. The number of rotatable bonds is 2. The highest BCUT2D eigenvalue weighted by molar-refractivity contribution is 5.82. The summed E-state index contributed by atoms with van der Waals surface area (Å²) in [6.45, 7) is 7.40. The molecular weight excluding hydrogens is 382 g/mol. The third-order valence-electron chi connectivity index (χ3n) is 6.54. The number of H-pyrrole nitrogens is 1. The minimum Gasteiger partial charge on any atom is -0.336 e. The summed E-state index contributed by atoms with van der Waals surface area (Å²) in [5.74, 6) is 0.506. The topological polar surface area (TPSA) is 90.8 Å². The van der Waals surface area contributed by atoms with Crippen LogP contribution < -0.4 is 5.56 Å². The van der Waals surface area contributed by atoms with E-state index in [2.05, 4.69) is 5.10 Å². The summed E-state index contributed by atoms with van der Waals surface area (Å²) in [5, 5.41) is 3.23. The van der Waals surface area contributed by atoms with Crippen molar-refractivity contribution >= 4 is 17.5 Å². The maximum atomic E-state index is 13.1. The van der Waals surface area contributed by atoms with Crippen molar-refractivity contribution < 1.29 is 9.59 Å². The molecule has 160 valence electrons. The first-order chi connectivity index (χ1) is 14.2. The van der Waals surface area contributed by atoms with E-state index in [1.165, 1.54) is 4.52 Å². The highest BCUT2D eigenvalue weighted by Gasteiger charge is 2.39. The fourth-order valence-electron chi connectivity index (χ4n) is 4.75. The largest absolute Gasteiger partial charge is 0.336 e. The third kappa shape index (κ3) is 3.13. The number of aromatic nitrogens is 3. The Hall–Kier alpha value is -2.64. The number of amides is 2. The van der Waals surface area contributed by atoms with Gasteiger partial charge in [-0.2, -0.15) is 0 Å². The van der Waals surface area contributed by atoms with E-state index < -0.39 is 5.41 Å². The van der Waals surface area contributed by atoms with Crippen LogP contribution in [0.15, 0.2) is 10.9 Å². The lowest BCUT2D eigenvalue weighted by molar-refractivity contribution is -0.140. The molecule has 1 aliphatic carbocycles. The lowest BCUT2D eigenvalue weighted by Gasteiger charge is -2.32. The molecule has 0 unspecified atom stereocenters. The van der Waals surface area contributed by atoms with E-state index in [0.717, 1.165) is 37.9 Å². The summed E-state index contributed by atoms with van der Waals surface area (Å²) < 4.78 is 1.51. The maximum absolute atomic E-state index is 13.1. The summed E-state index contributed by atoms with van der Waals surface area (Å²) in [4.78, 5) is 47.0. The van der Waals surface area contributed by atoms with Crippen LogP contribution in [-0.2, 0) is 22.6 Å². The Kier molecular flexibility index (Phi) is 4.31. The van der Waals surface area contributed by atoms with Crippen LogP contribution in [0, 0.1) is 11.3 Å². The van der Waals surface area contributed by atoms with Gasteiger partial charge in [-0.3, -0.25) is 19.5 Å². The summed E-state index contributed by atoms with van der Waals surface area (Å²) in [5.41, 5.74) is 2.24. The van der Waals surface area contributed by atoms with Crippen molar-refractivity contribution in [2.24, 2.45) is 11.3 Å². The zero-order valence-corrected chi connectivity index (χ0v) is 17.9. The van der Waals surface area contributed by atoms with Crippen LogP contribution >= 0.6 is 0 Å². The minimum absolute atomic E-state index is 0.0183. The molecular formula is C22H29N5O3. The molecule has 3 aliphatic rings. The molecule has 30 heavy (non-hydrogen) atoms. The number of carbonyl (C=O) groups is 2. The molecule has 0 spiro atoms. The summed E-state index contributed by atoms with van der Waals surface area (Å²) in [7, 11) is 0. The van der Waals surface area contributed by atoms with Gasteiger partial charge in [0, 0.05) is 36.1 Å². The van der Waals surface area contributed by atoms with Crippen LogP contribution in [0.4, 0.5) is 0 Å². The lowest BCUT2D eigenvalue weighted by atomic mass is 9.93. The zero-order chi connectivity index (χ0) is 21.2. The Morgan fingerprint density at radius 3 is 2.63 bits per heavy atom. The first-order valence-electron chi connectivity index (χ1n) is 11.0. The zero-order valence-electron chi connectivity index (χ0n) is 17.9. The number of hydrogen-bond donors (Lipinski definition) is 1. The van der Waals surface area contributed by atoms with E-state index in [4.69, 9.17) is 4.98 Å². The SMILES string of the molecule is CC(C)(C)C(=O)N1CCc2c(nc3cc([C@@H]4CCCN4C(=O)C4CC4)[nH]n3c2=O)C1. The molecule has 8 heteroatoms. The van der Waals surface area contributed by atoms with Gasteiger partial charge < -0.3 is 9.80 Å². The van der Waals surface area contributed by atoms with Crippen LogP contribution in [-0.4, -0.2) is 49.3 Å². The molecule has 1 N–H and O–H groups in total. The van der Waals surface area contributed by atoms with E-state index in [1.807, 2.05) is 31.7 Å². The minimum atomic E-state index is -0.460. The average Bonchev–Trinajstić information content (AvgIpc) is 3.28. The first-order valence-corrected chi connectivity index (χ1v) is 11.0. The molecule has 5 rings (SSSR count). The molecule has 0 radical (unpaired) electrons. The van der Waals surface area contributed by atoms with Gasteiger partial charge in [-0.1, -0.05) is 20.8 Å². The fraction of sp³-hybridized carbons (Fsp3) is 0.636. The van der Waals surface area contributed by atoms with Crippen LogP contribution in [0.2, 0.25) is 0 Å². The number of nitrogens with one attached hydrogen (secondary N) is 1. The second-order valence-electron chi connectivity index (χ2n) is 9.94. The van der Waals surface area contributed by atoms with Crippen LogP contribution in [0.25, 0.3) is 5.65 Å². The normalized spacial score (nSPS) is 21.9. The maximum Gasteiger partial charge on any atom is 0.276 e. The van der Waals surface area contributed by atoms with Crippen molar-refractivity contribution in [2.45, 2.75) is 65.5 Å². The molecule has 2 aliphatic heterocycles. The van der Waals surface area contributed by atoms with Crippen molar-refractivity contribution in [1.29, 1.82) is 0 Å². The van der Waals surface area contributed by atoms with Crippen LogP contribution in [0.1, 0.15) is 69.4 Å². The van der Waals surface area contributed by atoms with Crippen molar-refractivity contribution in [2.75, 3.05) is 13.1 Å². The van der Waals surface area contributed by atoms with Crippen LogP contribution in [0.5, 0.6) is 0 Å². The molecule has 1 saturated carbocycles. The smallest absolute Gasteiger partial charge is 0.276 e. The second kappa shape index (κ2) is 6.68. The third-order valence-corrected chi connectivity index (χ3v) is 6.54. The van der Waals surface area contributed by atoms with Crippen molar-refractivity contribution in [3.63, 3.8) is 0 Å². The molecule has 2 amide bonds. The molecule has 2 aromatic heterocycles. The van der Waals surface area contributed by atoms with E-state index in [-0.39, 0.29) is 29.3 Å². The monoisotopic (exact) mass is 411 g/mol. The molecule has 1 saturated heterocycles. The lowest BCUT2D eigenvalue weighted by Crippen LogP contribution is -2.44. The van der Waals surface area contributed by atoms with Gasteiger partial charge in [0.05, 0.1) is 24.0 Å². The van der Waals surface area contributed by atoms with Gasteiger partial charge in [-0.15, -0.1) is 0 Å². The predicted octanol–water partition coefficient (Wildman–Crippen LogP) is 2.03. The van der Waals surface area contributed by atoms with Gasteiger partial charge in [-0.05, 0) is 32.1 Å². The van der Waals surface area contributed by atoms with Crippen molar-refractivity contribution in [1.82, 2.24) is 24.4 Å². The van der Waals surface area contributed by atoms with E-state index in [1.54, 1.807) is 4.90 Å². The fourth-order valence-corrected chi connectivity index (χ4v) is 4.75. The number of fused-ring (bicyclic) bond motifs is 2. The Bertz CT molecular complexity index is 1090. The highest BCUT2D eigenvalue weighted by Crippen LogP contribution is 2.38. The molecule has 8 nitrogen and oxygen atoms in total. The van der Waals surface area contributed by atoms with Crippen molar-refractivity contribution in [3.05, 3.63) is 33.4 Å². The molecule has 2 fully saturated rings. The Balaban J connectivity index is 1.48. The number of aromatic amines is 1. The number of carbonyl (C=O) groups excluding carboxylic acids is 2. The van der Waals surface area contributed by atoms with Crippen LogP contribution in [0.3, 0.4) is 0 Å². The summed E-state index contributed by atoms with van der Waals surface area (Å²) >= 11 is 0. The molecule has 2 aromatic rings. The van der Waals surface area contributed by atoms with E-state index >= 15 is 0 Å². The predicted molar refractivity (Wildman–Crippen MR) is 111 cm³/mol. The summed E-state index contributed by atoms with van der Waals surface area (Å²) in [6.07, 6.45) is 4.36. The van der Waals surface area contributed by atoms with Gasteiger partial charge >= 0.3 is 0 Å². The average molecular weight is 412 g/mol. The Labute approximate surface area is 175 Å². The number of likely N-dealkylation sites (tertiary alicyclic amines) is 1. The van der Waals surface area contributed by atoms with Gasteiger partial charge in [-0.25, -0.2) is 9.50 Å². The molecule has 4 heterocycles. The number of nitrogens with zero attached hydrogens (tertiary/aromatic N) is 4. The number of hydrogen-bond acceptors (Lipinski definition) is 4. The standard InChI is InChI=1S/C22H29N5O3/c1-22(2,3)21(30)25-10-8-14-16(12-25)23-18-11-15(24-27(18)20(14)29)17-5-4-9-26(17)19(28)13-6-7-13/h11,13,17,24H,4-10,12H2,1-3H3/t17-/m0/s1. The quantitative estimate of drug-likeness (QED) is 0.819. The molecule has 0 aromatic carbocycles. The first kappa shape index (κ1) is 19.3. The Morgan fingerprint density at radius 1 is 1.17 bits per heavy atom. The van der Waals surface area contributed by atoms with Gasteiger partial charge in [0.15, 0.2) is 5.65 Å². The Morgan fingerprint density at radius 2 is 1.93 bits per heavy atom.